The summed E-state index contributed by atoms with van der Waals surface area (Å²) >= 11 is 7.87. The van der Waals surface area contributed by atoms with Gasteiger partial charge < -0.3 is 96.9 Å². The number of carboxylic acid groups (broad SMARTS) is 1. The number of carbonyl (C=O) groups excluding carboxylic acids is 12. The Morgan fingerprint density at radius 2 is 1.46 bits per heavy atom. The highest BCUT2D eigenvalue weighted by Gasteiger charge is 2.64. The Morgan fingerprint density at radius 3 is 2.09 bits per heavy atom. The number of unbranched alkanes of at least 4 members (excludes halogenated alkanes) is 2. The molecule has 2 aromatic carbocycles. The second kappa shape index (κ2) is 43.1. The second-order valence-corrected chi connectivity index (χ2v) is 29.2. The molecule has 0 spiro atoms. The molecule has 0 unspecified atom stereocenters. The third kappa shape index (κ3) is 27.2. The van der Waals surface area contributed by atoms with Gasteiger partial charge in [-0.2, -0.15) is 11.8 Å². The predicted octanol–water partition coefficient (Wildman–Crippen LogP) is 1.20. The fourth-order valence-electron chi connectivity index (χ4n) is 12.6. The van der Waals surface area contributed by atoms with Gasteiger partial charge in [0.25, 0.3) is 11.8 Å². The molecule has 2 aromatic rings. The van der Waals surface area contributed by atoms with Crippen LogP contribution in [-0.2, 0) is 94.1 Å². The normalized spacial score (nSPS) is 22.4. The maximum Gasteiger partial charge on any atom is 0.409 e. The van der Waals surface area contributed by atoms with Crippen molar-refractivity contribution < 1.29 is 106 Å². The number of allylic oxidation sites excluding steroid dienone is 3. The van der Waals surface area contributed by atoms with Crippen molar-refractivity contribution in [1.29, 1.82) is 0 Å². The highest BCUT2D eigenvalue weighted by molar-refractivity contribution is 7.99. The number of aliphatic hydroxyl groups is 1. The average Bonchev–Trinajstić information content (AvgIpc) is 1.57. The van der Waals surface area contributed by atoms with Gasteiger partial charge in [-0.25, -0.2) is 14.4 Å². The number of esters is 1. The lowest BCUT2D eigenvalue weighted by Gasteiger charge is -2.42. The van der Waals surface area contributed by atoms with Crippen LogP contribution in [0.3, 0.4) is 0 Å². The Bertz CT molecular complexity index is 3790. The number of amides is 11. The Balaban J connectivity index is 1.12. The highest BCUT2D eigenvalue weighted by atomic mass is 35.5. The van der Waals surface area contributed by atoms with E-state index < -0.39 is 156 Å². The molecule has 0 aliphatic carbocycles. The number of imide groups is 1. The minimum atomic E-state index is -1.95. The van der Waals surface area contributed by atoms with Crippen LogP contribution >= 0.6 is 23.4 Å². The number of ether oxygens (including phenoxy) is 6. The lowest BCUT2D eigenvalue weighted by molar-refractivity contribution is -0.162. The minimum absolute atomic E-state index is 0.0115. The topological polar surface area (TPSA) is 500 Å². The van der Waals surface area contributed by atoms with Gasteiger partial charge in [0.1, 0.15) is 77.2 Å². The number of nitrogens with zero attached hydrogens (tertiary/aromatic N) is 4. The van der Waals surface area contributed by atoms with Crippen LogP contribution in [0.2, 0.25) is 5.02 Å². The minimum Gasteiger partial charge on any atom is -0.508 e. The van der Waals surface area contributed by atoms with Crippen LogP contribution in [0.15, 0.2) is 77.3 Å². The van der Waals surface area contributed by atoms with Crippen molar-refractivity contribution in [2.24, 2.45) is 22.4 Å². The van der Waals surface area contributed by atoms with Gasteiger partial charge in [-0.05, 0) is 114 Å². The SMILES string of the molecule is COCCC(=O)NCCCC[C@H](NC(=O)CN1C(=O)C=CC1=O)C(=O)NCCCC[C@H](NC(=O)[C@H](CCCN=C(N)N)NC(=O)CSCCC(=O)N(C)[C@@H](C)C(=O)O[C@H]1CC(=O)N(C)c2cc(cc(OC)c2Cl)C/C(C)=C/C=C/[C@@H](OC)[C@@]2(O)C[C@H](OC(=O)N2)[C@@H](C)[C@@H]2O[C@@]12C)C(=O)N[C@@H](Cc1ccc(O)cc1)C(=O)O. The van der Waals surface area contributed by atoms with Crippen molar-refractivity contribution >= 4 is 112 Å². The number of anilines is 1. The number of fused-ring (bicyclic) bond motifs is 5. The number of methoxy groups -OCH3 is 3. The van der Waals surface area contributed by atoms with Crippen molar-refractivity contribution in [2.45, 2.75) is 184 Å². The number of aromatic hydroxyl groups is 1. The van der Waals surface area contributed by atoms with Gasteiger partial charge in [-0.1, -0.05) is 54.5 Å². The number of aliphatic imine (C=N–C) groups is 1. The molecule has 111 heavy (non-hydrogen) atoms. The van der Waals surface area contributed by atoms with Gasteiger partial charge in [0.05, 0.1) is 37.7 Å². The molecular formula is C74H104ClN13O22S. The first kappa shape index (κ1) is 90.0. The van der Waals surface area contributed by atoms with E-state index in [9.17, 15) is 77.6 Å². The number of guanidine groups is 1. The van der Waals surface area contributed by atoms with Crippen LogP contribution in [0, 0.1) is 5.92 Å². The molecule has 0 saturated carbocycles. The summed E-state index contributed by atoms with van der Waals surface area (Å²) in [4.78, 5) is 182. The van der Waals surface area contributed by atoms with E-state index in [4.69, 9.17) is 51.5 Å². The number of nitrogens with two attached hydrogens (primary N) is 2. The number of aliphatic carboxylic acids is 1. The Labute approximate surface area is 652 Å². The van der Waals surface area contributed by atoms with Crippen LogP contribution in [0.1, 0.15) is 116 Å². The maximum absolute atomic E-state index is 14.6. The van der Waals surface area contributed by atoms with Gasteiger partial charge in [0.2, 0.25) is 47.3 Å². The van der Waals surface area contributed by atoms with Crippen molar-refractivity contribution in [3.05, 3.63) is 88.5 Å². The number of nitrogens with one attached hydrogen (secondary N) is 7. The van der Waals surface area contributed by atoms with Crippen LogP contribution < -0.4 is 58.3 Å². The van der Waals surface area contributed by atoms with Crippen molar-refractivity contribution in [3.63, 3.8) is 0 Å². The molecule has 14 N–H and O–H groups in total. The van der Waals surface area contributed by atoms with Crippen LogP contribution in [0.4, 0.5) is 10.5 Å². The lowest BCUT2D eigenvalue weighted by atomic mass is 9.83. The largest absolute Gasteiger partial charge is 0.508 e. The van der Waals surface area contributed by atoms with Gasteiger partial charge in [-0.15, -0.1) is 0 Å². The van der Waals surface area contributed by atoms with Crippen molar-refractivity contribution in [2.75, 3.05) is 84.6 Å². The van der Waals surface area contributed by atoms with Crippen molar-refractivity contribution in [3.8, 4) is 11.5 Å². The molecule has 11 amide bonds. The number of likely N-dealkylation sites (N-methyl/N-ethyl adjacent to an activating group) is 1. The molecule has 4 aliphatic rings. The number of carbonyl (C=O) groups is 13. The summed E-state index contributed by atoms with van der Waals surface area (Å²) < 4.78 is 34.5. The van der Waals surface area contributed by atoms with Crippen LogP contribution in [0.5, 0.6) is 11.5 Å². The number of hydrogen-bond acceptors (Lipinski definition) is 23. The first-order valence-electron chi connectivity index (χ1n) is 36.4. The van der Waals surface area contributed by atoms with E-state index in [0.29, 0.717) is 35.3 Å². The number of alkyl carbamates (subject to hydrolysis) is 1. The molecule has 2 saturated heterocycles. The molecule has 37 heteroatoms. The second-order valence-electron chi connectivity index (χ2n) is 27.7. The number of thioether (sulfide) groups is 1. The summed E-state index contributed by atoms with van der Waals surface area (Å²) in [5.74, 6) is -10.1. The summed E-state index contributed by atoms with van der Waals surface area (Å²) in [5.41, 5.74) is 10.1. The smallest absolute Gasteiger partial charge is 0.409 e. The van der Waals surface area contributed by atoms with E-state index in [-0.39, 0.29) is 136 Å². The monoisotopic (exact) mass is 1590 g/mol. The maximum atomic E-state index is 14.6. The first-order chi connectivity index (χ1) is 52.6. The zero-order valence-corrected chi connectivity index (χ0v) is 65.4. The molecule has 12 atom stereocenters. The Hall–Kier alpha value is -9.88. The number of phenolic OH excluding ortho intramolecular Hbond substituents is 1. The van der Waals surface area contributed by atoms with Gasteiger partial charge in [0, 0.05) is 97.5 Å². The number of rotatable bonds is 39. The van der Waals surface area contributed by atoms with Crippen LogP contribution in [-0.4, -0.2) is 254 Å². The van der Waals surface area contributed by atoms with E-state index in [1.807, 2.05) is 6.92 Å². The quantitative estimate of drug-likeness (QED) is 0.0112. The van der Waals surface area contributed by atoms with E-state index in [0.717, 1.165) is 34.4 Å². The molecule has 0 aromatic heterocycles. The number of benzene rings is 2. The summed E-state index contributed by atoms with van der Waals surface area (Å²) in [6.07, 6.45) is 2.37. The number of carboxylic acids is 1. The summed E-state index contributed by atoms with van der Waals surface area (Å²) in [6, 6.07) is 2.26. The Morgan fingerprint density at radius 1 is 0.838 bits per heavy atom. The van der Waals surface area contributed by atoms with Crippen molar-refractivity contribution in [1.82, 2.24) is 47.0 Å². The average molecular weight is 1600 g/mol. The lowest BCUT2D eigenvalue weighted by Crippen LogP contribution is -2.63. The highest BCUT2D eigenvalue weighted by Crippen LogP contribution is 2.49. The third-order valence-electron chi connectivity index (χ3n) is 19.3. The summed E-state index contributed by atoms with van der Waals surface area (Å²) in [5, 5.41) is 50.6. The van der Waals surface area contributed by atoms with E-state index in [1.54, 1.807) is 44.2 Å². The molecule has 0 radical (unpaired) electrons. The summed E-state index contributed by atoms with van der Waals surface area (Å²) in [7, 11) is 7.15. The standard InChI is InChI=1S/C74H104ClN13O22S/c1-42-16-14-20-55(107-9)74(104)39-54(108-72(103)85-74)43(2)65-73(4,110-65)56(38-63(96)87(6)52-36-46(34-42)37-53(106-8)64(52)75)109-70(102)44(3)86(5)60(93)28-33-111-41-59(92)82-49(19-15-31-80-71(76)77)67(98)83-50(68(99)84-51(69(100)101)35-45-21-23-47(89)24-22-45)18-11-13-30-79-66(97)48(17-10-12-29-78-57(90)27-32-105-7)81-58(91)40-88-61(94)25-26-62(88)95/h14,16,20-26,36-37,43-44,48-51,54-56,65,89,104H,10-13,15,17-19,27-35,38-41H2,1-9H3,(H,78,90)(H,79,97)(H,81,91)(H,82,92)(H,83,98)(H,84,99)(H,85,103)(H,100,101)(H4,76,77,80)/b20-14+,42-16+/t43-,44+,48+,49+,50+,51+,54+,55-,56+,65+,73+,74+/m1/s1. The van der Waals surface area contributed by atoms with Gasteiger partial charge in [0.15, 0.2) is 11.7 Å². The number of halogens is 1. The molecule has 6 rings (SSSR count). The van der Waals surface area contributed by atoms with E-state index in [2.05, 4.69) is 42.2 Å². The zero-order chi connectivity index (χ0) is 81.9. The third-order valence-corrected chi connectivity index (χ3v) is 20.6. The van der Waals surface area contributed by atoms with Gasteiger partial charge >= 0.3 is 18.0 Å². The fraction of sp³-hybridized carbons (Fsp3) is 0.568. The number of hydrogen-bond donors (Lipinski definition) is 12. The molecule has 4 bridgehead atoms. The number of epoxide rings is 1. The predicted molar refractivity (Wildman–Crippen MR) is 406 cm³/mol. The fourth-order valence-corrected chi connectivity index (χ4v) is 13.7. The molecule has 2 fully saturated rings. The molecular weight excluding hydrogens is 1490 g/mol. The van der Waals surface area contributed by atoms with Crippen LogP contribution in [0.25, 0.3) is 0 Å². The van der Waals surface area contributed by atoms with E-state index >= 15 is 0 Å². The summed E-state index contributed by atoms with van der Waals surface area (Å²) in [6.45, 7) is 6.43. The van der Waals surface area contributed by atoms with Gasteiger partial charge in [-0.3, -0.25) is 63.2 Å². The Kier molecular flexibility index (Phi) is 34.9. The number of phenols is 1. The molecule has 610 valence electrons. The zero-order valence-electron chi connectivity index (χ0n) is 63.8. The molecule has 4 heterocycles. The van der Waals surface area contributed by atoms with E-state index in [1.165, 1.54) is 71.5 Å². The first-order valence-corrected chi connectivity index (χ1v) is 37.9. The molecule has 4 aliphatic heterocycles. The molecule has 35 nitrogen and oxygen atoms in total.